The number of rotatable bonds is 3. The van der Waals surface area contributed by atoms with Crippen molar-refractivity contribution in [2.24, 2.45) is 0 Å². The minimum Gasteiger partial charge on any atom is -0.507 e. The molecule has 5 rings (SSSR count). The van der Waals surface area contributed by atoms with E-state index in [9.17, 15) is 35.1 Å². The van der Waals surface area contributed by atoms with Gasteiger partial charge in [0.05, 0.1) is 13.5 Å². The summed E-state index contributed by atoms with van der Waals surface area (Å²) in [6.07, 6.45) is -0.168. The molecule has 0 saturated heterocycles. The van der Waals surface area contributed by atoms with Crippen LogP contribution in [0, 0.1) is 0 Å². The van der Waals surface area contributed by atoms with Crippen LogP contribution in [0.15, 0.2) is 51.7 Å². The number of phenols is 4. The number of ether oxygens (including phenoxy) is 2. The summed E-state index contributed by atoms with van der Waals surface area (Å²) in [7, 11) is 1.39. The second kappa shape index (κ2) is 7.87. The molecule has 2 heterocycles. The number of phenolic OH excluding ortho intramolecular Hbond substituents is 4. The Balaban J connectivity index is 1.83. The zero-order valence-corrected chi connectivity index (χ0v) is 18.1. The van der Waals surface area contributed by atoms with Gasteiger partial charge in [-0.3, -0.25) is 9.59 Å². The molecule has 35 heavy (non-hydrogen) atoms. The molecule has 1 atom stereocenters. The third-order valence-electron chi connectivity index (χ3n) is 5.91. The standard InChI is InChI=1S/C25H18O10/c1-33-17-5-3-10(6-15(17)28)12-8-19(30)34-18-9-16(29)21-22(31)23(32)24(35-25(21)20(12)18)11-2-4-13(26)14(27)7-11/h2-7,9,12,26-29,32H,8H2,1H3. The molecule has 0 saturated carbocycles. The first-order valence-electron chi connectivity index (χ1n) is 10.3. The van der Waals surface area contributed by atoms with Gasteiger partial charge in [-0.2, -0.15) is 0 Å². The van der Waals surface area contributed by atoms with Crippen molar-refractivity contribution in [3.05, 3.63) is 63.8 Å². The van der Waals surface area contributed by atoms with Crippen molar-refractivity contribution >= 4 is 16.9 Å². The summed E-state index contributed by atoms with van der Waals surface area (Å²) in [6.45, 7) is 0. The molecule has 4 aromatic rings. The predicted molar refractivity (Wildman–Crippen MR) is 121 cm³/mol. The highest BCUT2D eigenvalue weighted by atomic mass is 16.5. The number of aromatic hydroxyl groups is 5. The van der Waals surface area contributed by atoms with Crippen LogP contribution in [0.5, 0.6) is 40.2 Å². The van der Waals surface area contributed by atoms with Crippen LogP contribution in [0.3, 0.4) is 0 Å². The number of fused-ring (bicyclic) bond motifs is 3. The summed E-state index contributed by atoms with van der Waals surface area (Å²) in [4.78, 5) is 25.4. The van der Waals surface area contributed by atoms with E-state index in [4.69, 9.17) is 13.9 Å². The molecule has 5 N–H and O–H groups in total. The van der Waals surface area contributed by atoms with Gasteiger partial charge in [0.15, 0.2) is 28.8 Å². The lowest BCUT2D eigenvalue weighted by Crippen LogP contribution is -2.22. The van der Waals surface area contributed by atoms with Gasteiger partial charge >= 0.3 is 5.97 Å². The van der Waals surface area contributed by atoms with E-state index < -0.39 is 40.3 Å². The molecule has 3 aromatic carbocycles. The van der Waals surface area contributed by atoms with Crippen molar-refractivity contribution in [3.63, 3.8) is 0 Å². The van der Waals surface area contributed by atoms with E-state index >= 15 is 0 Å². The van der Waals surface area contributed by atoms with Crippen LogP contribution in [0.1, 0.15) is 23.5 Å². The van der Waals surface area contributed by atoms with Crippen molar-refractivity contribution in [2.75, 3.05) is 7.11 Å². The number of esters is 1. The fourth-order valence-corrected chi connectivity index (χ4v) is 4.25. The fraction of sp³-hybridized carbons (Fsp3) is 0.120. The van der Waals surface area contributed by atoms with Crippen molar-refractivity contribution in [3.8, 4) is 51.6 Å². The van der Waals surface area contributed by atoms with E-state index in [-0.39, 0.29) is 51.5 Å². The van der Waals surface area contributed by atoms with Gasteiger partial charge in [-0.1, -0.05) is 6.07 Å². The minimum atomic E-state index is -0.956. The molecule has 0 bridgehead atoms. The maximum absolute atomic E-state index is 13.1. The van der Waals surface area contributed by atoms with E-state index in [1.165, 1.54) is 25.3 Å². The third kappa shape index (κ3) is 3.43. The Morgan fingerprint density at radius 3 is 2.34 bits per heavy atom. The molecule has 1 aliphatic rings. The Morgan fingerprint density at radius 2 is 1.66 bits per heavy atom. The van der Waals surface area contributed by atoms with Gasteiger partial charge < -0.3 is 39.4 Å². The molecular formula is C25H18O10. The molecule has 1 aliphatic heterocycles. The molecular weight excluding hydrogens is 460 g/mol. The SMILES string of the molecule is COc1ccc(C2CC(=O)Oc3cc(O)c4c(=O)c(O)c(-c5ccc(O)c(O)c5)oc4c32)cc1O. The highest BCUT2D eigenvalue weighted by Gasteiger charge is 2.35. The Bertz CT molecular complexity index is 1580. The van der Waals surface area contributed by atoms with Crippen molar-refractivity contribution in [2.45, 2.75) is 12.3 Å². The molecule has 10 heteroatoms. The lowest BCUT2D eigenvalue weighted by Gasteiger charge is -2.26. The molecule has 0 fully saturated rings. The Labute approximate surface area is 196 Å². The number of carbonyl (C=O) groups excluding carboxylic acids is 1. The lowest BCUT2D eigenvalue weighted by atomic mass is 9.85. The highest BCUT2D eigenvalue weighted by Crippen LogP contribution is 2.48. The monoisotopic (exact) mass is 478 g/mol. The normalized spacial score (nSPS) is 15.0. The van der Waals surface area contributed by atoms with Gasteiger partial charge in [0, 0.05) is 23.1 Å². The topological polar surface area (TPSA) is 167 Å². The molecule has 1 unspecified atom stereocenters. The number of methoxy groups -OCH3 is 1. The fourth-order valence-electron chi connectivity index (χ4n) is 4.25. The summed E-state index contributed by atoms with van der Waals surface area (Å²) in [5.74, 6) is -4.04. The van der Waals surface area contributed by atoms with E-state index in [0.29, 0.717) is 5.56 Å². The van der Waals surface area contributed by atoms with Crippen LogP contribution in [-0.4, -0.2) is 38.6 Å². The van der Waals surface area contributed by atoms with Crippen LogP contribution in [0.2, 0.25) is 0 Å². The summed E-state index contributed by atoms with van der Waals surface area (Å²) >= 11 is 0. The minimum absolute atomic E-state index is 0.0556. The van der Waals surface area contributed by atoms with Crippen molar-refractivity contribution in [1.29, 1.82) is 0 Å². The summed E-state index contributed by atoms with van der Waals surface area (Å²) < 4.78 is 16.3. The third-order valence-corrected chi connectivity index (χ3v) is 5.91. The summed E-state index contributed by atoms with van der Waals surface area (Å²) in [5, 5.41) is 50.5. The average molecular weight is 478 g/mol. The summed E-state index contributed by atoms with van der Waals surface area (Å²) in [5.41, 5.74) is -0.322. The highest BCUT2D eigenvalue weighted by molar-refractivity contribution is 5.94. The quantitative estimate of drug-likeness (QED) is 0.167. The van der Waals surface area contributed by atoms with Gasteiger partial charge in [0.1, 0.15) is 22.5 Å². The van der Waals surface area contributed by atoms with Gasteiger partial charge in [-0.25, -0.2) is 0 Å². The van der Waals surface area contributed by atoms with Crippen LogP contribution < -0.4 is 14.9 Å². The molecule has 0 amide bonds. The Hall–Kier alpha value is -4.86. The maximum Gasteiger partial charge on any atom is 0.312 e. The molecule has 178 valence electrons. The van der Waals surface area contributed by atoms with Gasteiger partial charge in [0.25, 0.3) is 0 Å². The maximum atomic E-state index is 13.1. The second-order valence-corrected chi connectivity index (χ2v) is 7.99. The summed E-state index contributed by atoms with van der Waals surface area (Å²) in [6, 6.07) is 9.19. The Morgan fingerprint density at radius 1 is 0.886 bits per heavy atom. The first kappa shape index (κ1) is 22.0. The van der Waals surface area contributed by atoms with E-state index in [0.717, 1.165) is 18.2 Å². The van der Waals surface area contributed by atoms with Gasteiger partial charge in [0.2, 0.25) is 11.2 Å². The molecule has 10 nitrogen and oxygen atoms in total. The van der Waals surface area contributed by atoms with Gasteiger partial charge in [-0.05, 0) is 35.9 Å². The van der Waals surface area contributed by atoms with Crippen LogP contribution in [0.25, 0.3) is 22.3 Å². The lowest BCUT2D eigenvalue weighted by molar-refractivity contribution is -0.135. The predicted octanol–water partition coefficient (Wildman–Crippen LogP) is 3.44. The zero-order chi connectivity index (χ0) is 25.0. The first-order valence-corrected chi connectivity index (χ1v) is 10.3. The number of benzene rings is 3. The average Bonchev–Trinajstić information content (AvgIpc) is 2.82. The largest absolute Gasteiger partial charge is 0.507 e. The van der Waals surface area contributed by atoms with Crippen molar-refractivity contribution < 1.29 is 44.2 Å². The van der Waals surface area contributed by atoms with Crippen LogP contribution >= 0.6 is 0 Å². The van der Waals surface area contributed by atoms with Crippen LogP contribution in [-0.2, 0) is 4.79 Å². The number of hydrogen-bond acceptors (Lipinski definition) is 10. The van der Waals surface area contributed by atoms with E-state index in [2.05, 4.69) is 0 Å². The van der Waals surface area contributed by atoms with E-state index in [1.807, 2.05) is 0 Å². The van der Waals surface area contributed by atoms with Crippen molar-refractivity contribution in [1.82, 2.24) is 0 Å². The van der Waals surface area contributed by atoms with E-state index in [1.54, 1.807) is 6.07 Å². The molecule has 1 aromatic heterocycles. The smallest absolute Gasteiger partial charge is 0.312 e. The number of carbonyl (C=O) groups is 1. The first-order chi connectivity index (χ1) is 16.7. The molecule has 0 aliphatic carbocycles. The van der Waals surface area contributed by atoms with Gasteiger partial charge in [-0.15, -0.1) is 0 Å². The van der Waals surface area contributed by atoms with Crippen LogP contribution in [0.4, 0.5) is 0 Å². The second-order valence-electron chi connectivity index (χ2n) is 7.99. The number of hydrogen-bond donors (Lipinski definition) is 5. The molecule has 0 radical (unpaired) electrons. The Kier molecular flexibility index (Phi) is 4.94. The zero-order valence-electron chi connectivity index (χ0n) is 18.1. The molecule has 0 spiro atoms.